The Balaban J connectivity index is 1.57. The Morgan fingerprint density at radius 2 is 1.79 bits per heavy atom. The molecule has 0 spiro atoms. The van der Waals surface area contributed by atoms with Crippen LogP contribution in [-0.4, -0.2) is 60.6 Å². The van der Waals surface area contributed by atoms with Gasteiger partial charge in [0.15, 0.2) is 0 Å². The van der Waals surface area contributed by atoms with Crippen LogP contribution in [0.5, 0.6) is 5.75 Å². The summed E-state index contributed by atoms with van der Waals surface area (Å²) < 4.78 is 46.5. The summed E-state index contributed by atoms with van der Waals surface area (Å²) in [6.07, 6.45) is -3.31. The molecule has 2 heterocycles. The van der Waals surface area contributed by atoms with Gasteiger partial charge in [0.05, 0.1) is 13.2 Å². The van der Waals surface area contributed by atoms with Gasteiger partial charge in [0.2, 0.25) is 0 Å². The predicted octanol–water partition coefficient (Wildman–Crippen LogP) is 3.63. The number of anilines is 3. The van der Waals surface area contributed by atoms with Crippen LogP contribution in [0.25, 0.3) is 0 Å². The van der Waals surface area contributed by atoms with E-state index in [2.05, 4.69) is 46.2 Å². The Morgan fingerprint density at radius 3 is 2.46 bits per heavy atom. The third kappa shape index (κ3) is 6.21. The zero-order chi connectivity index (χ0) is 20.0. The van der Waals surface area contributed by atoms with Gasteiger partial charge >= 0.3 is 6.36 Å². The second-order valence-corrected chi connectivity index (χ2v) is 6.76. The molecule has 0 amide bonds. The molecule has 1 aromatic heterocycles. The van der Waals surface area contributed by atoms with Crippen molar-refractivity contribution in [2.45, 2.75) is 6.36 Å². The highest BCUT2D eigenvalue weighted by atomic mass is 79.9. The number of alkyl halides is 3. The van der Waals surface area contributed by atoms with Crippen LogP contribution < -0.4 is 15.4 Å². The summed E-state index contributed by atoms with van der Waals surface area (Å²) in [6.45, 7) is 4.89. The van der Waals surface area contributed by atoms with Crippen LogP contribution in [0.2, 0.25) is 0 Å². The fraction of sp³-hybridized carbons (Fsp3) is 0.412. The third-order valence-electron chi connectivity index (χ3n) is 3.96. The summed E-state index contributed by atoms with van der Waals surface area (Å²) in [6, 6.07) is 5.40. The van der Waals surface area contributed by atoms with Gasteiger partial charge in [-0.1, -0.05) is 0 Å². The van der Waals surface area contributed by atoms with Crippen LogP contribution in [-0.2, 0) is 4.74 Å². The number of halogens is 4. The first-order valence-electron chi connectivity index (χ1n) is 8.58. The molecule has 0 radical (unpaired) electrons. The number of nitrogens with zero attached hydrogens (tertiary/aromatic N) is 3. The van der Waals surface area contributed by atoms with Gasteiger partial charge in [-0.2, -0.15) is 0 Å². The molecule has 2 N–H and O–H groups in total. The molecule has 0 aliphatic carbocycles. The zero-order valence-corrected chi connectivity index (χ0v) is 16.4. The van der Waals surface area contributed by atoms with E-state index in [9.17, 15) is 13.2 Å². The van der Waals surface area contributed by atoms with Crippen molar-refractivity contribution in [3.63, 3.8) is 0 Å². The lowest BCUT2D eigenvalue weighted by Crippen LogP contribution is -2.39. The maximum Gasteiger partial charge on any atom is 0.573 e. The Bertz CT molecular complexity index is 770. The van der Waals surface area contributed by atoms with Crippen molar-refractivity contribution < 1.29 is 22.6 Å². The van der Waals surface area contributed by atoms with Gasteiger partial charge in [-0.3, -0.25) is 4.90 Å². The lowest BCUT2D eigenvalue weighted by Gasteiger charge is -2.26. The molecule has 1 aromatic carbocycles. The summed E-state index contributed by atoms with van der Waals surface area (Å²) in [4.78, 5) is 10.7. The van der Waals surface area contributed by atoms with Gasteiger partial charge < -0.3 is 20.1 Å². The second kappa shape index (κ2) is 9.39. The van der Waals surface area contributed by atoms with Gasteiger partial charge in [-0.05, 0) is 40.2 Å². The van der Waals surface area contributed by atoms with E-state index in [1.54, 1.807) is 0 Å². The summed E-state index contributed by atoms with van der Waals surface area (Å²) in [5.41, 5.74) is 0.563. The Kier molecular flexibility index (Phi) is 6.92. The average Bonchev–Trinajstić information content (AvgIpc) is 2.66. The average molecular weight is 462 g/mol. The topological polar surface area (TPSA) is 71.5 Å². The van der Waals surface area contributed by atoms with Gasteiger partial charge in [0.25, 0.3) is 0 Å². The number of nitrogens with one attached hydrogen (secondary N) is 2. The number of aromatic nitrogens is 2. The first-order chi connectivity index (χ1) is 13.4. The largest absolute Gasteiger partial charge is 0.573 e. The Hall–Kier alpha value is -2.11. The van der Waals surface area contributed by atoms with E-state index < -0.39 is 6.36 Å². The smallest absolute Gasteiger partial charge is 0.406 e. The van der Waals surface area contributed by atoms with Gasteiger partial charge in [0, 0.05) is 31.9 Å². The van der Waals surface area contributed by atoms with Crippen molar-refractivity contribution in [3.8, 4) is 5.75 Å². The fourth-order valence-electron chi connectivity index (χ4n) is 2.61. The number of rotatable bonds is 7. The third-order valence-corrected chi connectivity index (χ3v) is 4.72. The summed E-state index contributed by atoms with van der Waals surface area (Å²) in [5, 5.41) is 6.30. The maximum absolute atomic E-state index is 12.2. The maximum atomic E-state index is 12.2. The first-order valence-corrected chi connectivity index (χ1v) is 9.37. The van der Waals surface area contributed by atoms with Gasteiger partial charge in [-0.25, -0.2) is 9.97 Å². The first kappa shape index (κ1) is 20.6. The van der Waals surface area contributed by atoms with Gasteiger partial charge in [0.1, 0.15) is 28.2 Å². The minimum absolute atomic E-state index is 0.287. The van der Waals surface area contributed by atoms with Crippen LogP contribution in [0.1, 0.15) is 0 Å². The van der Waals surface area contributed by atoms with Crippen molar-refractivity contribution in [1.82, 2.24) is 14.9 Å². The van der Waals surface area contributed by atoms with Crippen LogP contribution in [0.4, 0.5) is 30.5 Å². The summed E-state index contributed by atoms with van der Waals surface area (Å²) in [5.74, 6) is 0.835. The molecule has 1 fully saturated rings. The highest BCUT2D eigenvalue weighted by Gasteiger charge is 2.30. The van der Waals surface area contributed by atoms with E-state index in [-0.39, 0.29) is 5.75 Å². The highest BCUT2D eigenvalue weighted by Crippen LogP contribution is 2.30. The van der Waals surface area contributed by atoms with Crippen molar-refractivity contribution in [3.05, 3.63) is 35.1 Å². The normalized spacial score (nSPS) is 15.3. The molecule has 7 nitrogen and oxygen atoms in total. The number of hydrogen-bond acceptors (Lipinski definition) is 7. The van der Waals surface area contributed by atoms with Gasteiger partial charge in [-0.15, -0.1) is 13.2 Å². The summed E-state index contributed by atoms with van der Waals surface area (Å²) in [7, 11) is 0. The molecule has 152 valence electrons. The SMILES string of the molecule is FC(F)(F)Oc1ccc(Nc2ncnc(NCCN3CCOCC3)c2Br)cc1. The van der Waals surface area contributed by atoms with Crippen molar-refractivity contribution in [1.29, 1.82) is 0 Å². The van der Waals surface area contributed by atoms with E-state index in [0.717, 1.165) is 32.8 Å². The molecular weight excluding hydrogens is 443 g/mol. The molecule has 2 aromatic rings. The monoisotopic (exact) mass is 461 g/mol. The molecule has 0 atom stereocenters. The number of morpholine rings is 1. The molecule has 1 aliphatic rings. The number of benzene rings is 1. The summed E-state index contributed by atoms with van der Waals surface area (Å²) >= 11 is 3.46. The quantitative estimate of drug-likeness (QED) is 0.652. The minimum Gasteiger partial charge on any atom is -0.406 e. The molecule has 1 saturated heterocycles. The van der Waals surface area contributed by atoms with Crippen LogP contribution >= 0.6 is 15.9 Å². The molecular formula is C17H19BrF3N5O2. The fourth-order valence-corrected chi connectivity index (χ4v) is 3.06. The van der Waals surface area contributed by atoms with E-state index in [1.807, 2.05) is 0 Å². The lowest BCUT2D eigenvalue weighted by molar-refractivity contribution is -0.274. The molecule has 3 rings (SSSR count). The number of ether oxygens (including phenoxy) is 2. The number of hydrogen-bond donors (Lipinski definition) is 2. The molecule has 0 saturated carbocycles. The van der Waals surface area contributed by atoms with E-state index in [1.165, 1.54) is 30.6 Å². The van der Waals surface area contributed by atoms with Crippen molar-refractivity contribution in [2.75, 3.05) is 50.0 Å². The molecule has 1 aliphatic heterocycles. The van der Waals surface area contributed by atoms with E-state index in [0.29, 0.717) is 28.3 Å². The zero-order valence-electron chi connectivity index (χ0n) is 14.8. The molecule has 0 unspecified atom stereocenters. The predicted molar refractivity (Wildman–Crippen MR) is 102 cm³/mol. The highest BCUT2D eigenvalue weighted by molar-refractivity contribution is 9.10. The van der Waals surface area contributed by atoms with E-state index in [4.69, 9.17) is 4.74 Å². The van der Waals surface area contributed by atoms with Crippen LogP contribution in [0, 0.1) is 0 Å². The molecule has 0 bridgehead atoms. The van der Waals surface area contributed by atoms with E-state index >= 15 is 0 Å². The lowest BCUT2D eigenvalue weighted by atomic mass is 10.3. The molecule has 11 heteroatoms. The van der Waals surface area contributed by atoms with Crippen molar-refractivity contribution >= 4 is 33.3 Å². The van der Waals surface area contributed by atoms with Crippen LogP contribution in [0.15, 0.2) is 35.1 Å². The minimum atomic E-state index is -4.72. The van der Waals surface area contributed by atoms with Crippen molar-refractivity contribution in [2.24, 2.45) is 0 Å². The Labute approximate surface area is 168 Å². The second-order valence-electron chi connectivity index (χ2n) is 5.96. The molecule has 28 heavy (non-hydrogen) atoms. The standard InChI is InChI=1S/C17H19BrF3N5O2/c18-14-15(22-5-6-26-7-9-27-10-8-26)23-11-24-16(14)25-12-1-3-13(4-2-12)28-17(19,20)21/h1-4,11H,5-10H2,(H2,22,23,24,25). The van der Waals surface area contributed by atoms with Crippen LogP contribution in [0.3, 0.4) is 0 Å². The Morgan fingerprint density at radius 1 is 1.11 bits per heavy atom.